The van der Waals surface area contributed by atoms with Gasteiger partial charge in [-0.15, -0.1) is 0 Å². The molecule has 0 unspecified atom stereocenters. The fourth-order valence-corrected chi connectivity index (χ4v) is 1.09. The molecule has 11 heteroatoms. The molecule has 0 aliphatic rings. The Morgan fingerprint density at radius 3 is 0.957 bits per heavy atom. The number of nitrogens with zero attached hydrogens (tertiary/aromatic N) is 3. The minimum Gasteiger partial charge on any atom is -0.822 e. The Morgan fingerprint density at radius 2 is 0.913 bits per heavy atom. The van der Waals surface area contributed by atoms with E-state index >= 15 is 0 Å². The van der Waals surface area contributed by atoms with Crippen molar-refractivity contribution in [2.45, 2.75) is 0 Å². The number of H-pyrrole nitrogens is 3. The number of phosphoric acid groups is 1. The van der Waals surface area contributed by atoms with Gasteiger partial charge in [0, 0.05) is 0 Å². The van der Waals surface area contributed by atoms with Crippen LogP contribution in [0.2, 0.25) is 0 Å². The standard InChI is InChI=1S/3C4H6N2.H3O4P/c3*1-6-3-2-5-4-6;1-5(2,3)4/h3*2-4H,1H3;(H3,1,2,3,4). The van der Waals surface area contributed by atoms with Crippen LogP contribution < -0.4 is 28.4 Å². The summed E-state index contributed by atoms with van der Waals surface area (Å²) in [5.74, 6) is 0. The number of aromatic nitrogens is 6. The van der Waals surface area contributed by atoms with Crippen LogP contribution in [0.5, 0.6) is 0 Å². The third-order valence-electron chi connectivity index (χ3n) is 2.05. The minimum absolute atomic E-state index is 1.88. The Kier molecular flexibility index (Phi) is 10.2. The van der Waals surface area contributed by atoms with Crippen LogP contribution in [0.15, 0.2) is 56.2 Å². The second kappa shape index (κ2) is 11.3. The van der Waals surface area contributed by atoms with Crippen LogP contribution in [0.25, 0.3) is 0 Å². The van der Waals surface area contributed by atoms with Gasteiger partial charge in [0.1, 0.15) is 37.2 Å². The van der Waals surface area contributed by atoms with E-state index in [0.29, 0.717) is 0 Å². The van der Waals surface area contributed by atoms with Gasteiger partial charge in [-0.05, 0) is 0 Å². The zero-order valence-corrected chi connectivity index (χ0v) is 14.0. The lowest BCUT2D eigenvalue weighted by Gasteiger charge is -2.36. The first-order valence-electron chi connectivity index (χ1n) is 6.35. The number of rotatable bonds is 0. The Morgan fingerprint density at radius 1 is 0.696 bits per heavy atom. The molecule has 128 valence electrons. The number of aryl methyl sites for hydroxylation is 3. The van der Waals surface area contributed by atoms with Crippen LogP contribution in [0.4, 0.5) is 0 Å². The number of imidazole rings is 3. The van der Waals surface area contributed by atoms with Crippen molar-refractivity contribution in [1.29, 1.82) is 0 Å². The molecule has 0 saturated heterocycles. The fourth-order valence-electron chi connectivity index (χ4n) is 1.09. The Bertz CT molecular complexity index is 548. The molecule has 0 aromatic carbocycles. The van der Waals surface area contributed by atoms with Crippen LogP contribution in [0.3, 0.4) is 0 Å². The molecular formula is C12H21N6O4P. The molecule has 0 saturated carbocycles. The number of aromatic amines is 3. The van der Waals surface area contributed by atoms with Crippen molar-refractivity contribution in [3.05, 3.63) is 56.2 Å². The summed E-state index contributed by atoms with van der Waals surface area (Å²) in [6, 6.07) is 0. The lowest BCUT2D eigenvalue weighted by molar-refractivity contribution is -0.670. The maximum absolute atomic E-state index is 8.55. The zero-order chi connectivity index (χ0) is 17.7. The largest absolute Gasteiger partial charge is 0.822 e. The molecule has 0 aliphatic heterocycles. The minimum atomic E-state index is -5.39. The Hall–Kier alpha value is -2.26. The highest BCUT2D eigenvalue weighted by Gasteiger charge is 1.79. The van der Waals surface area contributed by atoms with Crippen molar-refractivity contribution in [2.24, 2.45) is 21.1 Å². The molecule has 0 aliphatic carbocycles. The normalized spacial score (nSPS) is 9.48. The van der Waals surface area contributed by atoms with Gasteiger partial charge in [-0.25, -0.2) is 13.7 Å². The van der Waals surface area contributed by atoms with E-state index in [2.05, 4.69) is 15.0 Å². The van der Waals surface area contributed by atoms with Crippen LogP contribution in [0.1, 0.15) is 0 Å². The number of hydrogen-bond donors (Lipinski definition) is 3. The maximum Gasteiger partial charge on any atom is 0.241 e. The van der Waals surface area contributed by atoms with Crippen LogP contribution >= 0.6 is 7.82 Å². The molecule has 3 rings (SSSR count). The van der Waals surface area contributed by atoms with Gasteiger partial charge in [-0.1, -0.05) is 0 Å². The highest BCUT2D eigenvalue weighted by molar-refractivity contribution is 7.40. The highest BCUT2D eigenvalue weighted by atomic mass is 31.2. The van der Waals surface area contributed by atoms with Crippen molar-refractivity contribution >= 4 is 7.82 Å². The average Bonchev–Trinajstić information content (AvgIpc) is 3.14. The van der Waals surface area contributed by atoms with Gasteiger partial charge in [0.05, 0.1) is 21.1 Å². The van der Waals surface area contributed by atoms with Crippen LogP contribution in [-0.4, -0.2) is 15.0 Å². The summed E-state index contributed by atoms with van der Waals surface area (Å²) >= 11 is 0. The predicted molar refractivity (Wildman–Crippen MR) is 73.5 cm³/mol. The van der Waals surface area contributed by atoms with Gasteiger partial charge in [0.15, 0.2) is 0 Å². The molecule has 0 spiro atoms. The van der Waals surface area contributed by atoms with E-state index in [-0.39, 0.29) is 0 Å². The Balaban J connectivity index is 0.000000282. The van der Waals surface area contributed by atoms with E-state index in [4.69, 9.17) is 19.2 Å². The molecule has 0 radical (unpaired) electrons. The lowest BCUT2D eigenvalue weighted by atomic mass is 10.9. The summed E-state index contributed by atoms with van der Waals surface area (Å²) in [4.78, 5) is 34.3. The first-order chi connectivity index (χ1) is 10.7. The van der Waals surface area contributed by atoms with Crippen molar-refractivity contribution in [3.63, 3.8) is 0 Å². The van der Waals surface area contributed by atoms with Crippen molar-refractivity contribution < 1.29 is 32.9 Å². The molecule has 3 aromatic heterocycles. The molecule has 3 heterocycles. The fraction of sp³-hybridized carbons (Fsp3) is 0.250. The van der Waals surface area contributed by atoms with Crippen molar-refractivity contribution in [3.8, 4) is 0 Å². The quantitative estimate of drug-likeness (QED) is 0.289. The summed E-state index contributed by atoms with van der Waals surface area (Å²) in [6.45, 7) is 0. The van der Waals surface area contributed by atoms with E-state index in [9.17, 15) is 0 Å². The second-order valence-electron chi connectivity index (χ2n) is 4.28. The molecule has 0 atom stereocenters. The van der Waals surface area contributed by atoms with Gasteiger partial charge in [-0.3, -0.25) is 15.0 Å². The van der Waals surface area contributed by atoms with Crippen molar-refractivity contribution in [2.75, 3.05) is 0 Å². The van der Waals surface area contributed by atoms with E-state index in [1.54, 1.807) is 0 Å². The first-order valence-corrected chi connectivity index (χ1v) is 7.81. The molecule has 3 aromatic rings. The van der Waals surface area contributed by atoms with Crippen LogP contribution in [0, 0.1) is 0 Å². The molecule has 0 bridgehead atoms. The van der Waals surface area contributed by atoms with Crippen LogP contribution in [-0.2, 0) is 25.7 Å². The molecular weight excluding hydrogens is 323 g/mol. The summed E-state index contributed by atoms with van der Waals surface area (Å²) < 4.78 is 14.4. The zero-order valence-electron chi connectivity index (χ0n) is 13.1. The van der Waals surface area contributed by atoms with E-state index < -0.39 is 7.82 Å². The van der Waals surface area contributed by atoms with Gasteiger partial charge >= 0.3 is 0 Å². The molecule has 3 N–H and O–H groups in total. The molecule has 0 fully saturated rings. The van der Waals surface area contributed by atoms with Gasteiger partial charge in [0.2, 0.25) is 19.0 Å². The van der Waals surface area contributed by atoms with Crippen molar-refractivity contribution in [1.82, 2.24) is 15.0 Å². The van der Waals surface area contributed by atoms with E-state index in [1.165, 1.54) is 0 Å². The summed E-state index contributed by atoms with van der Waals surface area (Å²) in [7, 11) is 0.517. The second-order valence-corrected chi connectivity index (χ2v) is 5.17. The lowest BCUT2D eigenvalue weighted by Crippen LogP contribution is -2.24. The topological polar surface area (TPSA) is 145 Å². The number of nitrogens with one attached hydrogen (secondary N) is 3. The third-order valence-corrected chi connectivity index (χ3v) is 2.05. The molecule has 10 nitrogen and oxygen atoms in total. The maximum atomic E-state index is 8.55. The monoisotopic (exact) mass is 344 g/mol. The number of hydrogen-bond acceptors (Lipinski definition) is 4. The van der Waals surface area contributed by atoms with E-state index in [1.807, 2.05) is 91.0 Å². The molecule has 23 heavy (non-hydrogen) atoms. The Labute approximate surface area is 134 Å². The van der Waals surface area contributed by atoms with Gasteiger partial charge < -0.3 is 19.2 Å². The van der Waals surface area contributed by atoms with Gasteiger partial charge in [0.25, 0.3) is 0 Å². The van der Waals surface area contributed by atoms with E-state index in [0.717, 1.165) is 0 Å². The highest BCUT2D eigenvalue weighted by Crippen LogP contribution is 2.03. The predicted octanol–water partition coefficient (Wildman–Crippen LogP) is -3.31. The summed E-state index contributed by atoms with van der Waals surface area (Å²) in [6.07, 6.45) is 17.1. The first kappa shape index (κ1) is 20.7. The summed E-state index contributed by atoms with van der Waals surface area (Å²) in [5.41, 5.74) is 0. The van der Waals surface area contributed by atoms with Gasteiger partial charge in [-0.2, -0.15) is 7.82 Å². The SMILES string of the molecule is C[n+]1cc[nH]c1.C[n+]1cc[nH]c1.C[n+]1cc[nH]c1.O=P([O-])([O-])[O-]. The third kappa shape index (κ3) is 17.7. The molecule has 0 amide bonds. The average molecular weight is 344 g/mol. The summed E-state index contributed by atoms with van der Waals surface area (Å²) in [5, 5.41) is 0. The smallest absolute Gasteiger partial charge is 0.241 e.